The van der Waals surface area contributed by atoms with Crippen molar-refractivity contribution in [1.29, 1.82) is 0 Å². The molecule has 106 valence electrons. The Hall–Kier alpha value is -0.790. The minimum Gasteiger partial charge on any atom is -0.465 e. The fraction of sp³-hybridized carbons (Fsp3) is 0.824. The minimum absolute atomic E-state index is 0.135. The highest BCUT2D eigenvalue weighted by Crippen LogP contribution is 2.71. The minimum atomic E-state index is -0.135. The van der Waals surface area contributed by atoms with Crippen LogP contribution in [0.4, 0.5) is 0 Å². The largest absolute Gasteiger partial charge is 0.465 e. The normalized spacial score (nSPS) is 47.8. The van der Waals surface area contributed by atoms with Crippen LogP contribution in [0.3, 0.4) is 0 Å². The van der Waals surface area contributed by atoms with Gasteiger partial charge in [0, 0.05) is 12.3 Å². The van der Waals surface area contributed by atoms with Crippen LogP contribution in [0.2, 0.25) is 0 Å². The SMILES string of the molecule is CC(=O)OC[C@@]1(C)[C@H]2C[C@@]3(CC=C2C)[C@H](C)CC[C@@H]13. The van der Waals surface area contributed by atoms with Crippen molar-refractivity contribution in [3.05, 3.63) is 11.6 Å². The van der Waals surface area contributed by atoms with Crippen molar-refractivity contribution < 1.29 is 9.53 Å². The summed E-state index contributed by atoms with van der Waals surface area (Å²) in [7, 11) is 0. The van der Waals surface area contributed by atoms with Gasteiger partial charge in [-0.1, -0.05) is 25.5 Å². The van der Waals surface area contributed by atoms with Crippen molar-refractivity contribution in [1.82, 2.24) is 0 Å². The standard InChI is InChI=1S/C17H26O2/c1-11-7-8-17-9-14(11)16(4,10-19-13(3)18)15(17)6-5-12(17)2/h7,12,14-15H,5-6,8-10H2,1-4H3/t12-,14+,15+,16+,17+/m1/s1. The summed E-state index contributed by atoms with van der Waals surface area (Å²) in [4.78, 5) is 11.2. The molecule has 2 nitrogen and oxygen atoms in total. The zero-order valence-corrected chi connectivity index (χ0v) is 12.7. The predicted octanol–water partition coefficient (Wildman–Crippen LogP) is 3.96. The molecule has 0 aromatic carbocycles. The van der Waals surface area contributed by atoms with Gasteiger partial charge in [0.15, 0.2) is 0 Å². The van der Waals surface area contributed by atoms with Gasteiger partial charge in [-0.15, -0.1) is 0 Å². The zero-order valence-electron chi connectivity index (χ0n) is 12.7. The lowest BCUT2D eigenvalue weighted by atomic mass is 9.68. The van der Waals surface area contributed by atoms with E-state index < -0.39 is 0 Å². The molecular weight excluding hydrogens is 236 g/mol. The molecule has 3 rings (SSSR count). The third kappa shape index (κ3) is 1.64. The van der Waals surface area contributed by atoms with Gasteiger partial charge in [-0.05, 0) is 55.8 Å². The Bertz CT molecular complexity index is 439. The van der Waals surface area contributed by atoms with E-state index in [0.29, 0.717) is 17.9 Å². The first-order valence-corrected chi connectivity index (χ1v) is 7.70. The second kappa shape index (κ2) is 4.10. The average Bonchev–Trinajstić information content (AvgIpc) is 2.77. The molecular formula is C17H26O2. The summed E-state index contributed by atoms with van der Waals surface area (Å²) in [5.41, 5.74) is 2.19. The molecule has 2 bridgehead atoms. The van der Waals surface area contributed by atoms with Crippen LogP contribution in [0.25, 0.3) is 0 Å². The summed E-state index contributed by atoms with van der Waals surface area (Å²) in [5, 5.41) is 0. The second-order valence-electron chi connectivity index (χ2n) is 7.46. The molecule has 0 aromatic rings. The Labute approximate surface area is 116 Å². The molecule has 19 heavy (non-hydrogen) atoms. The first kappa shape index (κ1) is 13.2. The van der Waals surface area contributed by atoms with Crippen LogP contribution in [0.1, 0.15) is 53.4 Å². The summed E-state index contributed by atoms with van der Waals surface area (Å²) < 4.78 is 5.46. The summed E-state index contributed by atoms with van der Waals surface area (Å²) >= 11 is 0. The quantitative estimate of drug-likeness (QED) is 0.556. The van der Waals surface area contributed by atoms with Crippen LogP contribution in [0.5, 0.6) is 0 Å². The van der Waals surface area contributed by atoms with E-state index >= 15 is 0 Å². The molecule has 0 amide bonds. The molecule has 1 spiro atoms. The third-order valence-electron chi connectivity index (χ3n) is 6.68. The van der Waals surface area contributed by atoms with E-state index in [1.54, 1.807) is 0 Å². The van der Waals surface area contributed by atoms with E-state index in [-0.39, 0.29) is 11.4 Å². The lowest BCUT2D eigenvalue weighted by molar-refractivity contribution is -0.146. The van der Waals surface area contributed by atoms with Crippen LogP contribution in [0.15, 0.2) is 11.6 Å². The number of rotatable bonds is 2. The van der Waals surface area contributed by atoms with Crippen LogP contribution >= 0.6 is 0 Å². The van der Waals surface area contributed by atoms with Crippen molar-refractivity contribution in [2.24, 2.45) is 28.6 Å². The Morgan fingerprint density at radius 2 is 2.21 bits per heavy atom. The highest BCUT2D eigenvalue weighted by molar-refractivity contribution is 5.66. The van der Waals surface area contributed by atoms with Gasteiger partial charge in [0.1, 0.15) is 0 Å². The lowest BCUT2D eigenvalue weighted by Crippen LogP contribution is -2.36. The molecule has 0 saturated heterocycles. The molecule has 0 heterocycles. The van der Waals surface area contributed by atoms with Crippen LogP contribution in [0, 0.1) is 28.6 Å². The number of ether oxygens (including phenoxy) is 1. The van der Waals surface area contributed by atoms with Crippen LogP contribution in [-0.4, -0.2) is 12.6 Å². The Morgan fingerprint density at radius 1 is 1.47 bits per heavy atom. The molecule has 2 heteroatoms. The first-order chi connectivity index (χ1) is 8.90. The molecule has 2 saturated carbocycles. The number of fused-ring (bicyclic) bond motifs is 1. The summed E-state index contributed by atoms with van der Waals surface area (Å²) in [6.07, 6.45) is 7.70. The zero-order chi connectivity index (χ0) is 13.8. The monoisotopic (exact) mass is 262 g/mol. The highest BCUT2D eigenvalue weighted by Gasteiger charge is 2.65. The number of carbonyl (C=O) groups is 1. The topological polar surface area (TPSA) is 26.3 Å². The molecule has 0 aliphatic heterocycles. The smallest absolute Gasteiger partial charge is 0.302 e. The number of carbonyl (C=O) groups excluding carboxylic acids is 1. The molecule has 5 atom stereocenters. The van der Waals surface area contributed by atoms with Gasteiger partial charge in [-0.2, -0.15) is 0 Å². The van der Waals surface area contributed by atoms with Crippen molar-refractivity contribution >= 4 is 5.97 Å². The van der Waals surface area contributed by atoms with E-state index in [1.165, 1.54) is 38.2 Å². The van der Waals surface area contributed by atoms with Gasteiger partial charge in [0.2, 0.25) is 0 Å². The summed E-state index contributed by atoms with van der Waals surface area (Å²) in [6, 6.07) is 0. The van der Waals surface area contributed by atoms with Gasteiger partial charge in [-0.3, -0.25) is 4.79 Å². The number of hydrogen-bond acceptors (Lipinski definition) is 2. The van der Waals surface area contributed by atoms with Crippen molar-refractivity contribution in [3.8, 4) is 0 Å². The van der Waals surface area contributed by atoms with E-state index in [0.717, 1.165) is 11.8 Å². The van der Waals surface area contributed by atoms with Crippen molar-refractivity contribution in [2.75, 3.05) is 6.61 Å². The third-order valence-corrected chi connectivity index (χ3v) is 6.68. The molecule has 3 aliphatic carbocycles. The van der Waals surface area contributed by atoms with Gasteiger partial charge < -0.3 is 4.74 Å². The summed E-state index contributed by atoms with van der Waals surface area (Å²) in [5.74, 6) is 2.04. The van der Waals surface area contributed by atoms with Gasteiger partial charge in [0.25, 0.3) is 0 Å². The number of hydrogen-bond donors (Lipinski definition) is 0. The molecule has 0 aromatic heterocycles. The summed E-state index contributed by atoms with van der Waals surface area (Å²) in [6.45, 7) is 9.21. The Balaban J connectivity index is 1.96. The van der Waals surface area contributed by atoms with E-state index in [1.807, 2.05) is 0 Å². The highest BCUT2D eigenvalue weighted by atomic mass is 16.5. The second-order valence-corrected chi connectivity index (χ2v) is 7.46. The maximum absolute atomic E-state index is 11.2. The van der Waals surface area contributed by atoms with Crippen molar-refractivity contribution in [3.63, 3.8) is 0 Å². The fourth-order valence-corrected chi connectivity index (χ4v) is 5.58. The van der Waals surface area contributed by atoms with E-state index in [9.17, 15) is 4.79 Å². The van der Waals surface area contributed by atoms with Crippen LogP contribution < -0.4 is 0 Å². The maximum atomic E-state index is 11.2. The Kier molecular flexibility index (Phi) is 2.85. The van der Waals surface area contributed by atoms with Gasteiger partial charge in [-0.25, -0.2) is 0 Å². The fourth-order valence-electron chi connectivity index (χ4n) is 5.58. The number of allylic oxidation sites excluding steroid dienone is 2. The average molecular weight is 262 g/mol. The Morgan fingerprint density at radius 3 is 2.89 bits per heavy atom. The predicted molar refractivity (Wildman–Crippen MR) is 75.5 cm³/mol. The number of esters is 1. The molecule has 3 aliphatic rings. The molecule has 0 N–H and O–H groups in total. The maximum Gasteiger partial charge on any atom is 0.302 e. The van der Waals surface area contributed by atoms with Crippen molar-refractivity contribution in [2.45, 2.75) is 53.4 Å². The van der Waals surface area contributed by atoms with Crippen LogP contribution in [-0.2, 0) is 9.53 Å². The molecule has 0 unspecified atom stereocenters. The first-order valence-electron chi connectivity index (χ1n) is 7.70. The van der Waals surface area contributed by atoms with E-state index in [4.69, 9.17) is 4.74 Å². The van der Waals surface area contributed by atoms with Gasteiger partial charge >= 0.3 is 5.97 Å². The lowest BCUT2D eigenvalue weighted by Gasteiger charge is -2.38. The van der Waals surface area contributed by atoms with E-state index in [2.05, 4.69) is 26.8 Å². The van der Waals surface area contributed by atoms with Gasteiger partial charge in [0.05, 0.1) is 6.61 Å². The molecule has 0 radical (unpaired) electrons. The molecule has 2 fully saturated rings.